The first-order chi connectivity index (χ1) is 18.6. The molecule has 1 aromatic heterocycles. The summed E-state index contributed by atoms with van der Waals surface area (Å²) in [4.78, 5) is 22.3. The molecule has 1 saturated heterocycles. The largest absolute Gasteiger partial charge is 0.394 e. The van der Waals surface area contributed by atoms with Crippen molar-refractivity contribution in [2.75, 3.05) is 26.2 Å². The number of hydrogen-bond donors (Lipinski definition) is 2. The van der Waals surface area contributed by atoms with Crippen molar-refractivity contribution in [3.63, 3.8) is 0 Å². The van der Waals surface area contributed by atoms with Crippen molar-refractivity contribution in [2.24, 2.45) is 11.1 Å². The zero-order valence-corrected chi connectivity index (χ0v) is 22.9. The zero-order chi connectivity index (χ0) is 28.2. The molecule has 8 nitrogen and oxygen atoms in total. The Morgan fingerprint density at radius 2 is 1.95 bits per heavy atom. The minimum absolute atomic E-state index is 0.0459. The van der Waals surface area contributed by atoms with Crippen LogP contribution in [0, 0.1) is 17.0 Å². The molecule has 2 heterocycles. The number of rotatable bonds is 9. The molecule has 10 heteroatoms. The molecule has 3 aromatic rings. The number of nitrogens with two attached hydrogens (primary N) is 1. The number of urea groups is 1. The predicted molar refractivity (Wildman–Crippen MR) is 146 cm³/mol. The van der Waals surface area contributed by atoms with Gasteiger partial charge in [0.2, 0.25) is 0 Å². The molecule has 3 N–H and O–H groups in total. The van der Waals surface area contributed by atoms with Crippen LogP contribution in [0.25, 0.3) is 11.4 Å². The number of carbonyl (C=O) groups excluding carboxylic acids is 1. The minimum atomic E-state index is -0.633. The van der Waals surface area contributed by atoms with E-state index in [1.165, 1.54) is 0 Å². The molecule has 0 radical (unpaired) electrons. The van der Waals surface area contributed by atoms with E-state index in [1.807, 2.05) is 51.1 Å². The van der Waals surface area contributed by atoms with Gasteiger partial charge in [-0.15, -0.1) is 0 Å². The van der Waals surface area contributed by atoms with Crippen molar-refractivity contribution in [3.8, 4) is 11.4 Å². The van der Waals surface area contributed by atoms with Gasteiger partial charge in [0, 0.05) is 13.1 Å². The number of halogens is 2. The first-order valence-electron chi connectivity index (χ1n) is 13.5. The average molecular weight is 541 g/mol. The van der Waals surface area contributed by atoms with E-state index < -0.39 is 23.1 Å². The van der Waals surface area contributed by atoms with Crippen LogP contribution in [0.4, 0.5) is 13.6 Å². The lowest BCUT2D eigenvalue weighted by atomic mass is 9.84. The maximum atomic E-state index is 14.8. The summed E-state index contributed by atoms with van der Waals surface area (Å²) in [5.74, 6) is -0.711. The van der Waals surface area contributed by atoms with Gasteiger partial charge in [0.25, 0.3) is 0 Å². The van der Waals surface area contributed by atoms with Crippen molar-refractivity contribution in [1.82, 2.24) is 24.6 Å². The van der Waals surface area contributed by atoms with Crippen LogP contribution >= 0.6 is 0 Å². The monoisotopic (exact) mass is 540 g/mol. The molecule has 1 fully saturated rings. The molecule has 4 rings (SSSR count). The lowest BCUT2D eigenvalue weighted by Crippen LogP contribution is -2.51. The summed E-state index contributed by atoms with van der Waals surface area (Å²) in [6, 6.07) is 11.8. The molecule has 0 unspecified atom stereocenters. The van der Waals surface area contributed by atoms with Gasteiger partial charge < -0.3 is 20.6 Å². The molecule has 1 aliphatic rings. The fraction of sp³-hybridized carbons (Fsp3) is 0.483. The molecular formula is C29H38F2N6O2. The van der Waals surface area contributed by atoms with Crippen LogP contribution in [0.3, 0.4) is 0 Å². The first-order valence-corrected chi connectivity index (χ1v) is 13.5. The topological polar surface area (TPSA) is 101 Å². The van der Waals surface area contributed by atoms with E-state index in [4.69, 9.17) is 10.7 Å². The molecule has 2 atom stereocenters. The number of likely N-dealkylation sites (tertiary alicyclic amines) is 1. The van der Waals surface area contributed by atoms with Gasteiger partial charge in [0.15, 0.2) is 11.6 Å². The molecule has 2 amide bonds. The van der Waals surface area contributed by atoms with Crippen LogP contribution in [0.2, 0.25) is 0 Å². The van der Waals surface area contributed by atoms with Gasteiger partial charge in [0.1, 0.15) is 11.6 Å². The Hall–Kier alpha value is -3.37. The van der Waals surface area contributed by atoms with Gasteiger partial charge in [-0.3, -0.25) is 0 Å². The molecule has 0 saturated carbocycles. The highest BCUT2D eigenvalue weighted by atomic mass is 19.1. The first kappa shape index (κ1) is 28.6. The summed E-state index contributed by atoms with van der Waals surface area (Å²) in [7, 11) is 0. The van der Waals surface area contributed by atoms with E-state index in [9.17, 15) is 18.7 Å². The lowest BCUT2D eigenvalue weighted by Gasteiger charge is -2.42. The second kappa shape index (κ2) is 12.2. The Bertz CT molecular complexity index is 1260. The number of benzene rings is 2. The predicted octanol–water partition coefficient (Wildman–Crippen LogP) is 4.59. The quantitative estimate of drug-likeness (QED) is 0.414. The smallest absolute Gasteiger partial charge is 0.320 e. The van der Waals surface area contributed by atoms with Crippen LogP contribution in [0.5, 0.6) is 0 Å². The summed E-state index contributed by atoms with van der Waals surface area (Å²) < 4.78 is 30.6. The maximum absolute atomic E-state index is 14.8. The number of aliphatic hydroxyl groups is 1. The molecule has 1 aliphatic heterocycles. The van der Waals surface area contributed by atoms with E-state index >= 15 is 0 Å². The number of aliphatic hydroxyl groups excluding tert-OH is 1. The van der Waals surface area contributed by atoms with Gasteiger partial charge in [-0.25, -0.2) is 23.2 Å². The van der Waals surface area contributed by atoms with E-state index in [0.29, 0.717) is 38.4 Å². The van der Waals surface area contributed by atoms with Crippen LogP contribution in [0.1, 0.15) is 57.5 Å². The molecule has 2 aromatic carbocycles. The van der Waals surface area contributed by atoms with Gasteiger partial charge in [-0.2, -0.15) is 5.10 Å². The Morgan fingerprint density at radius 3 is 2.62 bits per heavy atom. The molecular weight excluding hydrogens is 502 g/mol. The van der Waals surface area contributed by atoms with Crippen LogP contribution in [-0.2, 0) is 6.54 Å². The Balaban J connectivity index is 1.86. The molecule has 0 spiro atoms. The molecule has 0 bridgehead atoms. The average Bonchev–Trinajstić information content (AvgIpc) is 3.54. The van der Waals surface area contributed by atoms with Crippen molar-refractivity contribution in [1.29, 1.82) is 0 Å². The van der Waals surface area contributed by atoms with Crippen LogP contribution < -0.4 is 5.73 Å². The number of hydrogen-bond acceptors (Lipinski definition) is 5. The second-order valence-electron chi connectivity index (χ2n) is 11.1. The summed E-state index contributed by atoms with van der Waals surface area (Å²) in [5, 5.41) is 14.6. The summed E-state index contributed by atoms with van der Waals surface area (Å²) in [5.41, 5.74) is 6.26. The van der Waals surface area contributed by atoms with Crippen LogP contribution in [-0.4, -0.2) is 68.0 Å². The fourth-order valence-corrected chi connectivity index (χ4v) is 5.25. The third kappa shape index (κ3) is 6.45. The van der Waals surface area contributed by atoms with Gasteiger partial charge in [-0.1, -0.05) is 51.1 Å². The SMILES string of the molecule is CC(C)(C)[C@H](c1nc(-c2cc(F)ccc2F)nn1Cc1ccccc1)N(CCCN)C(=O)N1CCC[C@@H]1CO. The highest BCUT2D eigenvalue weighted by Gasteiger charge is 2.42. The summed E-state index contributed by atoms with van der Waals surface area (Å²) in [6.07, 6.45) is 2.11. The van der Waals surface area contributed by atoms with Crippen molar-refractivity contribution in [3.05, 3.63) is 71.6 Å². The van der Waals surface area contributed by atoms with E-state index in [2.05, 4.69) is 5.10 Å². The minimum Gasteiger partial charge on any atom is -0.394 e. The van der Waals surface area contributed by atoms with Gasteiger partial charge in [-0.05, 0) is 55.0 Å². The zero-order valence-electron chi connectivity index (χ0n) is 22.9. The highest BCUT2D eigenvalue weighted by molar-refractivity contribution is 5.76. The maximum Gasteiger partial charge on any atom is 0.320 e. The van der Waals surface area contributed by atoms with Crippen molar-refractivity contribution >= 4 is 6.03 Å². The van der Waals surface area contributed by atoms with Crippen LogP contribution in [0.15, 0.2) is 48.5 Å². The molecule has 0 aliphatic carbocycles. The Morgan fingerprint density at radius 1 is 1.21 bits per heavy atom. The van der Waals surface area contributed by atoms with Crippen molar-refractivity contribution < 1.29 is 18.7 Å². The van der Waals surface area contributed by atoms with E-state index in [-0.39, 0.29) is 30.1 Å². The lowest BCUT2D eigenvalue weighted by molar-refractivity contribution is 0.0722. The molecule has 39 heavy (non-hydrogen) atoms. The molecule has 210 valence electrons. The van der Waals surface area contributed by atoms with Gasteiger partial charge >= 0.3 is 6.03 Å². The standard InChI is InChI=1S/C29H38F2N6O2/c1-29(2,3)25(36(16-8-14-32)28(39)35-15-7-11-22(35)19-38)27-33-26(23-17-21(30)12-13-24(23)31)34-37(27)18-20-9-5-4-6-10-20/h4-6,9-10,12-13,17,22,25,38H,7-8,11,14-16,18-19,32H2,1-3H3/t22-,25+/m1/s1. The van der Waals surface area contributed by atoms with E-state index in [1.54, 1.807) is 14.5 Å². The Labute approximate surface area is 228 Å². The normalized spacial score (nSPS) is 16.5. The fourth-order valence-electron chi connectivity index (χ4n) is 5.25. The summed E-state index contributed by atoms with van der Waals surface area (Å²) >= 11 is 0. The number of amides is 2. The van der Waals surface area contributed by atoms with Gasteiger partial charge in [0.05, 0.1) is 30.8 Å². The number of aromatic nitrogens is 3. The summed E-state index contributed by atoms with van der Waals surface area (Å²) in [6.45, 7) is 7.57. The number of carbonyl (C=O) groups is 1. The number of nitrogens with zero attached hydrogens (tertiary/aromatic N) is 5. The van der Waals surface area contributed by atoms with Crippen molar-refractivity contribution in [2.45, 2.75) is 58.7 Å². The third-order valence-corrected chi connectivity index (χ3v) is 7.10. The second-order valence-corrected chi connectivity index (χ2v) is 11.1. The highest BCUT2D eigenvalue weighted by Crippen LogP contribution is 2.40. The Kier molecular flexibility index (Phi) is 8.97. The van der Waals surface area contributed by atoms with E-state index in [0.717, 1.165) is 36.6 Å². The third-order valence-electron chi connectivity index (χ3n) is 7.10.